The molecule has 102 valence electrons. The summed E-state index contributed by atoms with van der Waals surface area (Å²) in [5, 5.41) is 3.68. The van der Waals surface area contributed by atoms with Gasteiger partial charge in [0.2, 0.25) is 5.88 Å². The van der Waals surface area contributed by atoms with Crippen LogP contribution in [0.2, 0.25) is 5.02 Å². The fourth-order valence-electron chi connectivity index (χ4n) is 1.30. The Hall–Kier alpha value is -0.940. The summed E-state index contributed by atoms with van der Waals surface area (Å²) in [6.45, 7) is 4.84. The molecule has 1 heterocycles. The van der Waals surface area contributed by atoms with Crippen LogP contribution >= 0.6 is 11.6 Å². The molecule has 0 saturated heterocycles. The van der Waals surface area contributed by atoms with Crippen LogP contribution in [0.1, 0.15) is 19.5 Å². The molecule has 0 amide bonds. The fraction of sp³-hybridized carbons (Fsp3) is 0.583. The summed E-state index contributed by atoms with van der Waals surface area (Å²) < 4.78 is 28.8. The zero-order valence-corrected chi connectivity index (χ0v) is 11.2. The first-order valence-corrected chi connectivity index (χ1v) is 6.14. The third-order valence-electron chi connectivity index (χ3n) is 2.10. The van der Waals surface area contributed by atoms with Crippen molar-refractivity contribution >= 4 is 11.6 Å². The van der Waals surface area contributed by atoms with E-state index < -0.39 is 13.0 Å². The van der Waals surface area contributed by atoms with E-state index in [1.807, 2.05) is 0 Å². The molecule has 0 atom stereocenters. The molecule has 0 fully saturated rings. The molecule has 0 spiro atoms. The molecule has 0 aliphatic rings. The summed E-state index contributed by atoms with van der Waals surface area (Å²) in [5.41, 5.74) is 0.601. The molecule has 0 aliphatic carbocycles. The maximum Gasteiger partial charge on any atom is 0.272 e. The Labute approximate surface area is 111 Å². The maximum absolute atomic E-state index is 12.0. The molecule has 0 bridgehead atoms. The lowest BCUT2D eigenvalue weighted by molar-refractivity contribution is 0.0795. The van der Waals surface area contributed by atoms with Gasteiger partial charge in [0.1, 0.15) is 0 Å². The summed E-state index contributed by atoms with van der Waals surface area (Å²) in [5.74, 6) is 0.683. The predicted molar refractivity (Wildman–Crippen MR) is 67.3 cm³/mol. The highest BCUT2D eigenvalue weighted by Gasteiger charge is 2.08. The largest absolute Gasteiger partial charge is 0.472 e. The number of hydrogen-bond donors (Lipinski definition) is 1. The summed E-state index contributed by atoms with van der Waals surface area (Å²) in [4.78, 5) is 4.09. The van der Waals surface area contributed by atoms with Gasteiger partial charge in [-0.1, -0.05) is 25.4 Å². The normalized spacial score (nSPS) is 11.3. The number of alkyl halides is 2. The van der Waals surface area contributed by atoms with E-state index in [2.05, 4.69) is 24.1 Å². The topological polar surface area (TPSA) is 34.2 Å². The van der Waals surface area contributed by atoms with Gasteiger partial charge in [-0.2, -0.15) is 0 Å². The maximum atomic E-state index is 12.0. The van der Waals surface area contributed by atoms with E-state index in [0.717, 1.165) is 6.54 Å². The van der Waals surface area contributed by atoms with Gasteiger partial charge in [0.15, 0.2) is 6.61 Å². The minimum absolute atomic E-state index is 0.168. The summed E-state index contributed by atoms with van der Waals surface area (Å²) in [6.07, 6.45) is -2.51. The number of rotatable bonds is 7. The minimum atomic E-state index is -2.51. The Balaban J connectivity index is 2.57. The Morgan fingerprint density at radius 2 is 2.11 bits per heavy atom. The number of nitrogens with zero attached hydrogens (tertiary/aromatic N) is 1. The second-order valence-electron chi connectivity index (χ2n) is 4.30. The van der Waals surface area contributed by atoms with Crippen LogP contribution in [0.5, 0.6) is 5.88 Å². The highest BCUT2D eigenvalue weighted by molar-refractivity contribution is 6.31. The molecule has 0 unspecified atom stereocenters. The first-order valence-electron chi connectivity index (χ1n) is 5.76. The SMILES string of the molecule is CC(C)CNCc1nc(OCC(F)F)ccc1Cl. The van der Waals surface area contributed by atoms with Crippen molar-refractivity contribution < 1.29 is 13.5 Å². The number of pyridine rings is 1. The van der Waals surface area contributed by atoms with E-state index in [0.29, 0.717) is 23.2 Å². The van der Waals surface area contributed by atoms with Gasteiger partial charge in [0, 0.05) is 12.6 Å². The fourth-order valence-corrected chi connectivity index (χ4v) is 1.47. The van der Waals surface area contributed by atoms with Crippen LogP contribution in [0.25, 0.3) is 0 Å². The van der Waals surface area contributed by atoms with Crippen molar-refractivity contribution in [2.45, 2.75) is 26.8 Å². The molecule has 0 saturated carbocycles. The molecule has 3 nitrogen and oxygen atoms in total. The van der Waals surface area contributed by atoms with E-state index in [1.54, 1.807) is 6.07 Å². The van der Waals surface area contributed by atoms with Crippen LogP contribution in [0.4, 0.5) is 8.78 Å². The molecule has 1 aromatic rings. The van der Waals surface area contributed by atoms with Crippen molar-refractivity contribution in [3.8, 4) is 5.88 Å². The van der Waals surface area contributed by atoms with Crippen molar-refractivity contribution in [2.24, 2.45) is 5.92 Å². The van der Waals surface area contributed by atoms with Gasteiger partial charge >= 0.3 is 0 Å². The van der Waals surface area contributed by atoms with Crippen LogP contribution in [0.15, 0.2) is 12.1 Å². The summed E-state index contributed by atoms with van der Waals surface area (Å²) >= 11 is 5.97. The van der Waals surface area contributed by atoms with Crippen LogP contribution in [-0.4, -0.2) is 24.6 Å². The van der Waals surface area contributed by atoms with Crippen LogP contribution in [-0.2, 0) is 6.54 Å². The molecule has 0 aliphatic heterocycles. The summed E-state index contributed by atoms with van der Waals surface area (Å²) in [6, 6.07) is 3.08. The van der Waals surface area contributed by atoms with Crippen molar-refractivity contribution in [2.75, 3.05) is 13.2 Å². The Morgan fingerprint density at radius 3 is 2.72 bits per heavy atom. The quantitative estimate of drug-likeness (QED) is 0.832. The van der Waals surface area contributed by atoms with Gasteiger partial charge in [0.05, 0.1) is 10.7 Å². The first kappa shape index (κ1) is 15.1. The van der Waals surface area contributed by atoms with Crippen molar-refractivity contribution in [1.82, 2.24) is 10.3 Å². The predicted octanol–water partition coefficient (Wildman–Crippen LogP) is 3.12. The molecule has 0 radical (unpaired) electrons. The molecule has 1 N–H and O–H groups in total. The first-order chi connectivity index (χ1) is 8.49. The molecule has 0 aromatic carbocycles. The number of ether oxygens (including phenoxy) is 1. The number of nitrogens with one attached hydrogen (secondary N) is 1. The lowest BCUT2D eigenvalue weighted by atomic mass is 10.2. The molecule has 1 rings (SSSR count). The van der Waals surface area contributed by atoms with E-state index in [-0.39, 0.29) is 5.88 Å². The third-order valence-corrected chi connectivity index (χ3v) is 2.44. The summed E-state index contributed by atoms with van der Waals surface area (Å²) in [7, 11) is 0. The molecule has 18 heavy (non-hydrogen) atoms. The van der Waals surface area contributed by atoms with Crippen molar-refractivity contribution in [3.63, 3.8) is 0 Å². The average molecular weight is 279 g/mol. The standard InChI is InChI=1S/C12H17ClF2N2O/c1-8(2)5-16-6-10-9(13)3-4-12(17-10)18-7-11(14)15/h3-4,8,11,16H,5-7H2,1-2H3. The Morgan fingerprint density at radius 1 is 1.39 bits per heavy atom. The number of aromatic nitrogens is 1. The highest BCUT2D eigenvalue weighted by Crippen LogP contribution is 2.18. The zero-order chi connectivity index (χ0) is 13.5. The minimum Gasteiger partial charge on any atom is -0.472 e. The Kier molecular flexibility index (Phi) is 6.29. The van der Waals surface area contributed by atoms with Crippen molar-refractivity contribution in [1.29, 1.82) is 0 Å². The molecular formula is C12H17ClF2N2O. The smallest absolute Gasteiger partial charge is 0.272 e. The zero-order valence-electron chi connectivity index (χ0n) is 10.4. The Bertz CT molecular complexity index is 375. The van der Waals surface area contributed by atoms with Gasteiger partial charge in [-0.25, -0.2) is 13.8 Å². The van der Waals surface area contributed by atoms with E-state index in [1.165, 1.54) is 6.07 Å². The molecule has 1 aromatic heterocycles. The van der Waals surface area contributed by atoms with Crippen LogP contribution < -0.4 is 10.1 Å². The second-order valence-corrected chi connectivity index (χ2v) is 4.71. The van der Waals surface area contributed by atoms with Gasteiger partial charge in [-0.05, 0) is 18.5 Å². The molecular weight excluding hydrogens is 262 g/mol. The molecule has 6 heteroatoms. The van der Waals surface area contributed by atoms with E-state index in [4.69, 9.17) is 16.3 Å². The van der Waals surface area contributed by atoms with Crippen LogP contribution in [0.3, 0.4) is 0 Å². The third kappa shape index (κ3) is 5.60. The second kappa shape index (κ2) is 7.48. The van der Waals surface area contributed by atoms with E-state index in [9.17, 15) is 8.78 Å². The van der Waals surface area contributed by atoms with Gasteiger partial charge < -0.3 is 10.1 Å². The van der Waals surface area contributed by atoms with Gasteiger partial charge in [0.25, 0.3) is 6.43 Å². The number of hydrogen-bond acceptors (Lipinski definition) is 3. The number of halogens is 3. The highest BCUT2D eigenvalue weighted by atomic mass is 35.5. The van der Waals surface area contributed by atoms with Crippen molar-refractivity contribution in [3.05, 3.63) is 22.8 Å². The monoisotopic (exact) mass is 278 g/mol. The van der Waals surface area contributed by atoms with Gasteiger partial charge in [-0.3, -0.25) is 0 Å². The lowest BCUT2D eigenvalue weighted by Crippen LogP contribution is -2.20. The van der Waals surface area contributed by atoms with E-state index >= 15 is 0 Å². The van der Waals surface area contributed by atoms with Gasteiger partial charge in [-0.15, -0.1) is 0 Å². The average Bonchev–Trinajstić information content (AvgIpc) is 2.29. The van der Waals surface area contributed by atoms with Crippen LogP contribution in [0, 0.1) is 5.92 Å². The lowest BCUT2D eigenvalue weighted by Gasteiger charge is -2.10.